The van der Waals surface area contributed by atoms with Crippen molar-refractivity contribution in [1.82, 2.24) is 9.97 Å². The molecule has 10 heterocycles. The summed E-state index contributed by atoms with van der Waals surface area (Å²) in [5.41, 5.74) is 27.0. The Morgan fingerprint density at radius 1 is 0.210 bits per heavy atom. The summed E-state index contributed by atoms with van der Waals surface area (Å²) in [5.74, 6) is 0. The number of pyridine rings is 2. The van der Waals surface area contributed by atoms with Gasteiger partial charge >= 0.3 is 0 Å². The third kappa shape index (κ3) is 8.51. The maximum absolute atomic E-state index is 5.29. The molecule has 0 aliphatic carbocycles. The Bertz CT molecular complexity index is 4700. The minimum Gasteiger partial charge on any atom is -0.245 e. The Morgan fingerprint density at radius 3 is 0.926 bits per heavy atom. The van der Waals surface area contributed by atoms with Crippen molar-refractivity contribution < 1.29 is 0 Å². The van der Waals surface area contributed by atoms with Crippen LogP contribution >= 0.6 is 11.3 Å². The van der Waals surface area contributed by atoms with Crippen molar-refractivity contribution in [1.29, 1.82) is 0 Å². The predicted molar refractivity (Wildman–Crippen MR) is 343 cm³/mol. The third-order valence-electron chi connectivity index (χ3n) is 16.4. The highest BCUT2D eigenvalue weighted by atomic mass is 32.1. The standard InChI is InChI=1S/C78H48N2S/c1-2-19-75-71(16-1)72-18-7-17-70(78(72)81-75)69-47-67-46-68(48-69)66-15-6-13-64(45-66)52-26-22-50(23-27-52)60-9-4-11-62(43-60)54-30-34-56(35-31-54)74-41-39-58-37-36-57-38-40-73(79-76(57)77(58)80-74)55-32-28-53(29-33-55)61-10-3-8-59(42-61)49-20-24-51(25-21-49)63-12-5-14-65(67)44-63/h1-48H. The van der Waals surface area contributed by atoms with Gasteiger partial charge in [-0.3, -0.25) is 0 Å². The summed E-state index contributed by atoms with van der Waals surface area (Å²) in [7, 11) is 0. The average molecular weight is 1050 g/mol. The van der Waals surface area contributed by atoms with E-state index in [-0.39, 0.29) is 0 Å². The largest absolute Gasteiger partial charge is 0.245 e. The van der Waals surface area contributed by atoms with Crippen LogP contribution in [0.1, 0.15) is 0 Å². The zero-order chi connectivity index (χ0) is 53.4. The Hall–Kier alpha value is -10.3. The number of thiophene rings is 1. The van der Waals surface area contributed by atoms with Gasteiger partial charge in [-0.05, 0) is 161 Å². The third-order valence-corrected chi connectivity index (χ3v) is 17.6. The van der Waals surface area contributed by atoms with Crippen LogP contribution in [0.3, 0.4) is 0 Å². The first kappa shape index (κ1) is 46.7. The zero-order valence-electron chi connectivity index (χ0n) is 44.0. The molecule has 81 heavy (non-hydrogen) atoms. The summed E-state index contributed by atoms with van der Waals surface area (Å²) in [6, 6.07) is 107. The monoisotopic (exact) mass is 1040 g/mol. The minimum absolute atomic E-state index is 0.900. The van der Waals surface area contributed by atoms with E-state index in [2.05, 4.69) is 291 Å². The lowest BCUT2D eigenvalue weighted by Gasteiger charge is -2.14. The van der Waals surface area contributed by atoms with Gasteiger partial charge < -0.3 is 0 Å². The maximum atomic E-state index is 5.29. The van der Waals surface area contributed by atoms with E-state index in [0.717, 1.165) is 55.4 Å². The van der Waals surface area contributed by atoms with Gasteiger partial charge in [0.2, 0.25) is 0 Å². The van der Waals surface area contributed by atoms with E-state index in [1.54, 1.807) is 0 Å². The molecule has 7 aliphatic heterocycles. The highest BCUT2D eigenvalue weighted by molar-refractivity contribution is 7.26. The number of nitrogens with zero attached hydrogens (tertiary/aromatic N) is 2. The zero-order valence-corrected chi connectivity index (χ0v) is 44.8. The molecule has 3 aromatic heterocycles. The van der Waals surface area contributed by atoms with Crippen molar-refractivity contribution in [2.24, 2.45) is 0 Å². The van der Waals surface area contributed by atoms with Gasteiger partial charge in [0, 0.05) is 42.1 Å². The van der Waals surface area contributed by atoms with E-state index in [0.29, 0.717) is 0 Å². The molecular weight excluding hydrogens is 997 g/mol. The minimum atomic E-state index is 0.900. The van der Waals surface area contributed by atoms with Crippen LogP contribution in [0.2, 0.25) is 0 Å². The van der Waals surface area contributed by atoms with Gasteiger partial charge in [-0.15, -0.1) is 11.3 Å². The summed E-state index contributed by atoms with van der Waals surface area (Å²) < 4.78 is 2.61. The highest BCUT2D eigenvalue weighted by Crippen LogP contribution is 2.43. The molecule has 12 aromatic carbocycles. The SMILES string of the molecule is c1cc2cc(c1)-c1ccc(cc1)-c1ccc3ccc4ccc(nc4c3n1)-c1ccc(cc1)-c1cccc(c1)-c1ccc(cc1)-c1cccc(c1)-c1cc(cc(-c3cccc4c3sc3ccccc34)c1)-c1cccc(c1)-c1ccc-2cc1. The van der Waals surface area contributed by atoms with Crippen LogP contribution in [0, 0.1) is 0 Å². The van der Waals surface area contributed by atoms with Crippen LogP contribution in [0.15, 0.2) is 291 Å². The molecule has 22 rings (SSSR count). The van der Waals surface area contributed by atoms with Gasteiger partial charge in [0.25, 0.3) is 0 Å². The Labute approximate surface area is 474 Å². The van der Waals surface area contributed by atoms with E-state index in [4.69, 9.17) is 9.97 Å². The number of benzene rings is 12. The lowest BCUT2D eigenvalue weighted by Crippen LogP contribution is -1.91. The fourth-order valence-corrected chi connectivity index (χ4v) is 13.3. The molecule has 0 unspecified atom stereocenters. The normalized spacial score (nSPS) is 11.7. The molecule has 3 heteroatoms. The molecule has 0 spiro atoms. The fourth-order valence-electron chi connectivity index (χ4n) is 12.1. The van der Waals surface area contributed by atoms with Crippen molar-refractivity contribution in [3.05, 3.63) is 291 Å². The highest BCUT2D eigenvalue weighted by Gasteiger charge is 2.16. The summed E-state index contributed by atoms with van der Waals surface area (Å²) in [4.78, 5) is 10.6. The van der Waals surface area contributed by atoms with Gasteiger partial charge in [-0.1, -0.05) is 231 Å². The Kier molecular flexibility index (Phi) is 11.1. The first-order chi connectivity index (χ1) is 40.0. The molecular formula is C78H48N2S. The van der Waals surface area contributed by atoms with Gasteiger partial charge in [-0.2, -0.15) is 0 Å². The van der Waals surface area contributed by atoms with Crippen molar-refractivity contribution in [2.45, 2.75) is 0 Å². The van der Waals surface area contributed by atoms with Gasteiger partial charge in [0.05, 0.1) is 22.4 Å². The summed E-state index contributed by atoms with van der Waals surface area (Å²) in [6.07, 6.45) is 0. The number of fused-ring (bicyclic) bond motifs is 3. The Morgan fingerprint density at radius 2 is 0.519 bits per heavy atom. The van der Waals surface area contributed by atoms with Crippen LogP contribution in [-0.4, -0.2) is 9.97 Å². The summed E-state index contributed by atoms with van der Waals surface area (Å²) >= 11 is 1.88. The quantitative estimate of drug-likeness (QED) is 0.153. The second-order valence-electron chi connectivity index (χ2n) is 21.3. The van der Waals surface area contributed by atoms with Gasteiger partial charge in [-0.25, -0.2) is 9.97 Å². The van der Waals surface area contributed by atoms with E-state index < -0.39 is 0 Å². The molecule has 0 radical (unpaired) electrons. The van der Waals surface area contributed by atoms with Crippen LogP contribution in [-0.2, 0) is 0 Å². The van der Waals surface area contributed by atoms with Crippen molar-refractivity contribution >= 4 is 53.3 Å². The summed E-state index contributed by atoms with van der Waals surface area (Å²) in [6.45, 7) is 0. The van der Waals surface area contributed by atoms with Crippen LogP contribution in [0.5, 0.6) is 0 Å². The fraction of sp³-hybridized carbons (Fsp3) is 0. The Balaban J connectivity index is 0.824. The molecule has 22 bridgehead atoms. The van der Waals surface area contributed by atoms with E-state index in [9.17, 15) is 0 Å². The van der Waals surface area contributed by atoms with Crippen molar-refractivity contribution in [3.63, 3.8) is 0 Å². The number of hydrogen-bond acceptors (Lipinski definition) is 3. The van der Waals surface area contributed by atoms with Crippen molar-refractivity contribution in [2.75, 3.05) is 0 Å². The molecule has 2 nitrogen and oxygen atoms in total. The first-order valence-corrected chi connectivity index (χ1v) is 28.5. The molecule has 0 amide bonds. The lowest BCUT2D eigenvalue weighted by atomic mass is 9.90. The van der Waals surface area contributed by atoms with Crippen LogP contribution in [0.25, 0.3) is 165 Å². The number of aromatic nitrogens is 2. The lowest BCUT2D eigenvalue weighted by molar-refractivity contribution is 1.36. The van der Waals surface area contributed by atoms with E-state index in [1.807, 2.05) is 11.3 Å². The second-order valence-corrected chi connectivity index (χ2v) is 22.4. The first-order valence-electron chi connectivity index (χ1n) is 27.7. The molecule has 15 aromatic rings. The molecule has 0 saturated carbocycles. The van der Waals surface area contributed by atoms with E-state index in [1.165, 1.54) is 109 Å². The molecule has 0 saturated heterocycles. The van der Waals surface area contributed by atoms with Crippen molar-refractivity contribution in [3.8, 4) is 123 Å². The molecule has 0 atom stereocenters. The van der Waals surface area contributed by atoms with Crippen LogP contribution in [0.4, 0.5) is 0 Å². The average Bonchev–Trinajstić information content (AvgIpc) is 4.17. The number of hydrogen-bond donors (Lipinski definition) is 0. The van der Waals surface area contributed by atoms with Gasteiger partial charge in [0.15, 0.2) is 0 Å². The summed E-state index contributed by atoms with van der Waals surface area (Å²) in [5, 5.41) is 4.73. The molecule has 0 N–H and O–H groups in total. The smallest absolute Gasteiger partial charge is 0.0972 e. The second kappa shape index (κ2) is 19.2. The van der Waals surface area contributed by atoms with Crippen LogP contribution < -0.4 is 0 Å². The molecule has 0 fully saturated rings. The molecule has 7 aliphatic rings. The van der Waals surface area contributed by atoms with E-state index >= 15 is 0 Å². The predicted octanol–water partition coefficient (Wildman–Crippen LogP) is 21.8. The topological polar surface area (TPSA) is 25.8 Å². The van der Waals surface area contributed by atoms with Gasteiger partial charge in [0.1, 0.15) is 0 Å². The number of rotatable bonds is 1. The maximum Gasteiger partial charge on any atom is 0.0972 e. The molecule has 376 valence electrons.